The fourth-order valence-corrected chi connectivity index (χ4v) is 3.23. The van der Waals surface area contributed by atoms with Crippen molar-refractivity contribution in [1.29, 1.82) is 0 Å². The molecule has 7 heteroatoms. The number of amides is 1. The molecule has 1 aliphatic carbocycles. The van der Waals surface area contributed by atoms with Crippen molar-refractivity contribution in [2.45, 2.75) is 18.4 Å². The van der Waals surface area contributed by atoms with Gasteiger partial charge in [0.2, 0.25) is 5.91 Å². The molecule has 2 aromatic rings. The van der Waals surface area contributed by atoms with E-state index in [4.69, 9.17) is 16.3 Å². The van der Waals surface area contributed by atoms with Crippen molar-refractivity contribution in [3.05, 3.63) is 64.4 Å². The van der Waals surface area contributed by atoms with Crippen LogP contribution in [0.5, 0.6) is 5.75 Å². The van der Waals surface area contributed by atoms with Gasteiger partial charge in [0.15, 0.2) is 6.04 Å². The summed E-state index contributed by atoms with van der Waals surface area (Å²) in [4.78, 5) is 24.0. The molecule has 0 spiro atoms. The summed E-state index contributed by atoms with van der Waals surface area (Å²) < 4.78 is 18.0. The minimum atomic E-state index is -1.21. The number of methoxy groups -OCH3 is 1. The number of hydrogen-bond donors (Lipinski definition) is 2. The molecule has 26 heavy (non-hydrogen) atoms. The van der Waals surface area contributed by atoms with Crippen LogP contribution in [0.25, 0.3) is 0 Å². The van der Waals surface area contributed by atoms with Gasteiger partial charge in [-0.25, -0.2) is 9.18 Å². The van der Waals surface area contributed by atoms with E-state index in [1.807, 2.05) is 0 Å². The van der Waals surface area contributed by atoms with Gasteiger partial charge < -0.3 is 15.2 Å². The SMILES string of the molecule is COc1ccc(C(NC(=O)C2CC2c2ccc(F)cc2)C(=O)O)cc1Cl. The molecular weight excluding hydrogens is 361 g/mol. The summed E-state index contributed by atoms with van der Waals surface area (Å²) in [5, 5.41) is 12.3. The molecule has 0 saturated heterocycles. The fraction of sp³-hybridized carbons (Fsp3) is 0.263. The predicted molar refractivity (Wildman–Crippen MR) is 93.8 cm³/mol. The summed E-state index contributed by atoms with van der Waals surface area (Å²) in [6, 6.07) is 9.34. The number of nitrogens with one attached hydrogen (secondary N) is 1. The summed E-state index contributed by atoms with van der Waals surface area (Å²) in [5.41, 5.74) is 1.22. The van der Waals surface area contributed by atoms with Gasteiger partial charge in [0.25, 0.3) is 0 Å². The molecule has 0 bridgehead atoms. The number of benzene rings is 2. The molecule has 2 N–H and O–H groups in total. The Morgan fingerprint density at radius 3 is 2.54 bits per heavy atom. The largest absolute Gasteiger partial charge is 0.495 e. The highest BCUT2D eigenvalue weighted by Gasteiger charge is 2.45. The Morgan fingerprint density at radius 2 is 1.96 bits per heavy atom. The topological polar surface area (TPSA) is 75.6 Å². The minimum absolute atomic E-state index is 0.0236. The van der Waals surface area contributed by atoms with E-state index in [9.17, 15) is 19.1 Å². The van der Waals surface area contributed by atoms with Crippen LogP contribution in [0, 0.1) is 11.7 Å². The molecule has 1 amide bonds. The number of hydrogen-bond acceptors (Lipinski definition) is 3. The lowest BCUT2D eigenvalue weighted by atomic mass is 10.1. The van der Waals surface area contributed by atoms with Crippen molar-refractivity contribution in [3.8, 4) is 5.75 Å². The number of ether oxygens (including phenoxy) is 1. The molecule has 0 heterocycles. The van der Waals surface area contributed by atoms with Gasteiger partial charge in [-0.1, -0.05) is 29.8 Å². The number of aliphatic carboxylic acids is 1. The van der Waals surface area contributed by atoms with Crippen LogP contribution in [0.1, 0.15) is 29.5 Å². The van der Waals surface area contributed by atoms with E-state index in [1.54, 1.807) is 24.3 Å². The standard InChI is InChI=1S/C19H17ClFNO4/c1-26-16-7-4-11(8-15(16)20)17(19(24)25)22-18(23)14-9-13(14)10-2-5-12(21)6-3-10/h2-8,13-14,17H,9H2,1H3,(H,22,23)(H,24,25). The lowest BCUT2D eigenvalue weighted by Crippen LogP contribution is -2.35. The first kappa shape index (κ1) is 18.2. The second-order valence-electron chi connectivity index (χ2n) is 6.17. The van der Waals surface area contributed by atoms with Crippen LogP contribution in [0.2, 0.25) is 5.02 Å². The molecule has 1 fully saturated rings. The Bertz CT molecular complexity index is 840. The zero-order valence-corrected chi connectivity index (χ0v) is 14.7. The van der Waals surface area contributed by atoms with E-state index < -0.39 is 12.0 Å². The van der Waals surface area contributed by atoms with Crippen molar-refractivity contribution >= 4 is 23.5 Å². The first-order valence-corrected chi connectivity index (χ1v) is 8.40. The average Bonchev–Trinajstić information content (AvgIpc) is 3.40. The highest BCUT2D eigenvalue weighted by Crippen LogP contribution is 2.47. The molecule has 5 nitrogen and oxygen atoms in total. The zero-order valence-electron chi connectivity index (χ0n) is 13.9. The third-order valence-corrected chi connectivity index (χ3v) is 4.76. The van der Waals surface area contributed by atoms with Gasteiger partial charge in [0, 0.05) is 5.92 Å². The Balaban J connectivity index is 1.71. The van der Waals surface area contributed by atoms with Gasteiger partial charge in [-0.3, -0.25) is 4.79 Å². The van der Waals surface area contributed by atoms with E-state index in [0.717, 1.165) is 5.56 Å². The van der Waals surface area contributed by atoms with Crippen molar-refractivity contribution in [2.75, 3.05) is 7.11 Å². The number of carboxylic acid groups (broad SMARTS) is 1. The quantitative estimate of drug-likeness (QED) is 0.807. The van der Waals surface area contributed by atoms with E-state index in [1.165, 1.54) is 25.3 Å². The zero-order chi connectivity index (χ0) is 18.8. The third kappa shape index (κ3) is 3.80. The number of carbonyl (C=O) groups excluding carboxylic acids is 1. The molecule has 1 aliphatic rings. The van der Waals surface area contributed by atoms with Gasteiger partial charge >= 0.3 is 5.97 Å². The van der Waals surface area contributed by atoms with E-state index >= 15 is 0 Å². The van der Waals surface area contributed by atoms with E-state index in [-0.39, 0.29) is 28.6 Å². The van der Waals surface area contributed by atoms with Crippen molar-refractivity contribution in [2.24, 2.45) is 5.92 Å². The number of carbonyl (C=O) groups is 2. The second-order valence-corrected chi connectivity index (χ2v) is 6.58. The first-order chi connectivity index (χ1) is 12.4. The molecule has 136 valence electrons. The first-order valence-electron chi connectivity index (χ1n) is 8.02. The van der Waals surface area contributed by atoms with Crippen LogP contribution in [-0.4, -0.2) is 24.1 Å². The maximum absolute atomic E-state index is 13.0. The summed E-state index contributed by atoms with van der Waals surface area (Å²) in [6.45, 7) is 0. The van der Waals surface area contributed by atoms with Crippen LogP contribution in [0.15, 0.2) is 42.5 Å². The van der Waals surface area contributed by atoms with Crippen molar-refractivity contribution < 1.29 is 23.8 Å². The smallest absolute Gasteiger partial charge is 0.330 e. The molecule has 3 unspecified atom stereocenters. The lowest BCUT2D eigenvalue weighted by molar-refractivity contribution is -0.142. The Hall–Kier alpha value is -2.60. The van der Waals surface area contributed by atoms with Crippen LogP contribution in [0.4, 0.5) is 4.39 Å². The van der Waals surface area contributed by atoms with E-state index in [0.29, 0.717) is 17.7 Å². The van der Waals surface area contributed by atoms with Crippen LogP contribution in [-0.2, 0) is 9.59 Å². The van der Waals surface area contributed by atoms with Crippen molar-refractivity contribution in [3.63, 3.8) is 0 Å². The maximum atomic E-state index is 13.0. The molecule has 0 aromatic heterocycles. The molecule has 1 saturated carbocycles. The maximum Gasteiger partial charge on any atom is 0.330 e. The summed E-state index contributed by atoms with van der Waals surface area (Å²) >= 11 is 6.04. The normalized spacial score (nSPS) is 19.5. The molecule has 0 radical (unpaired) electrons. The highest BCUT2D eigenvalue weighted by atomic mass is 35.5. The average molecular weight is 378 g/mol. The number of carboxylic acids is 1. The lowest BCUT2D eigenvalue weighted by Gasteiger charge is -2.16. The van der Waals surface area contributed by atoms with Crippen LogP contribution < -0.4 is 10.1 Å². The second kappa shape index (κ2) is 7.33. The van der Waals surface area contributed by atoms with Gasteiger partial charge in [-0.15, -0.1) is 0 Å². The van der Waals surface area contributed by atoms with Gasteiger partial charge in [0.1, 0.15) is 11.6 Å². The molecule has 3 atom stereocenters. The molecular formula is C19H17ClFNO4. The number of halogens is 2. The van der Waals surface area contributed by atoms with Gasteiger partial charge in [-0.2, -0.15) is 0 Å². The Labute approximate surface area is 154 Å². The summed E-state index contributed by atoms with van der Waals surface area (Å²) in [7, 11) is 1.46. The van der Waals surface area contributed by atoms with Crippen LogP contribution >= 0.6 is 11.6 Å². The summed E-state index contributed by atoms with van der Waals surface area (Å²) in [5.74, 6) is -1.79. The van der Waals surface area contributed by atoms with Gasteiger partial charge in [0.05, 0.1) is 12.1 Å². The predicted octanol–water partition coefficient (Wildman–Crippen LogP) is 3.53. The fourth-order valence-electron chi connectivity index (χ4n) is 2.96. The highest BCUT2D eigenvalue weighted by molar-refractivity contribution is 6.32. The Morgan fingerprint density at radius 1 is 1.27 bits per heavy atom. The van der Waals surface area contributed by atoms with Gasteiger partial charge in [-0.05, 0) is 47.7 Å². The monoisotopic (exact) mass is 377 g/mol. The molecule has 3 rings (SSSR count). The van der Waals surface area contributed by atoms with Crippen LogP contribution in [0.3, 0.4) is 0 Å². The van der Waals surface area contributed by atoms with E-state index in [2.05, 4.69) is 5.32 Å². The Kier molecular flexibility index (Phi) is 5.13. The molecule has 2 aromatic carbocycles. The third-order valence-electron chi connectivity index (χ3n) is 4.47. The number of rotatable bonds is 6. The van der Waals surface area contributed by atoms with Crippen molar-refractivity contribution in [1.82, 2.24) is 5.32 Å². The summed E-state index contributed by atoms with van der Waals surface area (Å²) in [6.07, 6.45) is 0.604. The minimum Gasteiger partial charge on any atom is -0.495 e. The molecule has 0 aliphatic heterocycles.